The van der Waals surface area contributed by atoms with Gasteiger partial charge in [-0.15, -0.1) is 0 Å². The minimum Gasteiger partial charge on any atom is -0.493 e. The molecule has 0 N–H and O–H groups in total. The highest BCUT2D eigenvalue weighted by Gasteiger charge is 2.56. The second kappa shape index (κ2) is 7.85. The molecule has 184 valence electrons. The molecule has 2 aromatic carbocycles. The summed E-state index contributed by atoms with van der Waals surface area (Å²) in [5.41, 5.74) is 2.95. The smallest absolute Gasteiger partial charge is 0.231 e. The first-order valence-corrected chi connectivity index (χ1v) is 11.4. The molecule has 0 spiro atoms. The molecule has 2 aromatic rings. The van der Waals surface area contributed by atoms with Gasteiger partial charge in [-0.2, -0.15) is 0 Å². The van der Waals surface area contributed by atoms with Gasteiger partial charge in [0.25, 0.3) is 0 Å². The predicted molar refractivity (Wildman–Crippen MR) is 124 cm³/mol. The summed E-state index contributed by atoms with van der Waals surface area (Å²) in [5.74, 6) is 2.70. The molecule has 5 rings (SSSR count). The number of rotatable bonds is 4. The highest BCUT2D eigenvalue weighted by molar-refractivity contribution is 5.89. The van der Waals surface area contributed by atoms with Crippen LogP contribution in [0.4, 0.5) is 0 Å². The Morgan fingerprint density at radius 2 is 1.56 bits per heavy atom. The molecular formula is C26H32O8. The van der Waals surface area contributed by atoms with Gasteiger partial charge in [-0.1, -0.05) is 6.92 Å². The van der Waals surface area contributed by atoms with Crippen molar-refractivity contribution in [2.75, 3.05) is 35.2 Å². The molecule has 0 unspecified atom stereocenters. The van der Waals surface area contributed by atoms with Crippen molar-refractivity contribution in [3.05, 3.63) is 23.3 Å². The summed E-state index contributed by atoms with van der Waals surface area (Å²) in [7, 11) is 6.46. The lowest BCUT2D eigenvalue weighted by atomic mass is 9.73. The van der Waals surface area contributed by atoms with Crippen LogP contribution in [-0.4, -0.2) is 46.6 Å². The number of hydrogen-bond acceptors (Lipinski definition) is 8. The van der Waals surface area contributed by atoms with Crippen LogP contribution in [0.15, 0.2) is 12.1 Å². The van der Waals surface area contributed by atoms with E-state index < -0.39 is 17.5 Å². The second-order valence-electron chi connectivity index (χ2n) is 9.58. The first-order chi connectivity index (χ1) is 16.2. The number of fused-ring (bicyclic) bond motifs is 6. The maximum atomic E-state index is 6.59. The Hall–Kier alpha value is -2.84. The quantitative estimate of drug-likeness (QED) is 0.623. The number of hydrogen-bond donors (Lipinski definition) is 0. The maximum Gasteiger partial charge on any atom is 0.231 e. The third-order valence-electron chi connectivity index (χ3n) is 7.19. The van der Waals surface area contributed by atoms with Crippen LogP contribution in [0, 0.1) is 5.92 Å². The van der Waals surface area contributed by atoms with Gasteiger partial charge in [0.15, 0.2) is 28.8 Å². The van der Waals surface area contributed by atoms with Crippen LogP contribution in [0.1, 0.15) is 44.9 Å². The minimum absolute atomic E-state index is 0.0929. The average molecular weight is 473 g/mol. The topological polar surface area (TPSA) is 73.8 Å². The van der Waals surface area contributed by atoms with E-state index in [2.05, 4.69) is 13.8 Å². The molecule has 0 aromatic heterocycles. The van der Waals surface area contributed by atoms with E-state index in [1.807, 2.05) is 26.0 Å². The Labute approximate surface area is 199 Å². The number of methoxy groups -OCH3 is 4. The summed E-state index contributed by atoms with van der Waals surface area (Å²) < 4.78 is 48.1. The highest BCUT2D eigenvalue weighted by Crippen LogP contribution is 2.61. The fraction of sp³-hybridized carbons (Fsp3) is 0.538. The highest BCUT2D eigenvalue weighted by atomic mass is 16.8. The van der Waals surface area contributed by atoms with Crippen molar-refractivity contribution in [2.24, 2.45) is 5.92 Å². The lowest BCUT2D eigenvalue weighted by Gasteiger charge is -2.39. The summed E-state index contributed by atoms with van der Waals surface area (Å²) in [6.07, 6.45) is 0.301. The molecule has 2 heterocycles. The zero-order chi connectivity index (χ0) is 24.4. The molecule has 0 radical (unpaired) electrons. The normalized spacial score (nSPS) is 26.0. The predicted octanol–water partition coefficient (Wildman–Crippen LogP) is 4.89. The van der Waals surface area contributed by atoms with E-state index in [-0.39, 0.29) is 12.7 Å². The minimum atomic E-state index is -0.778. The lowest BCUT2D eigenvalue weighted by molar-refractivity contribution is -0.168. The van der Waals surface area contributed by atoms with Gasteiger partial charge in [0.2, 0.25) is 18.3 Å². The zero-order valence-corrected chi connectivity index (χ0v) is 21.0. The third-order valence-corrected chi connectivity index (χ3v) is 7.19. The Morgan fingerprint density at radius 3 is 2.21 bits per heavy atom. The first kappa shape index (κ1) is 22.9. The Kier molecular flexibility index (Phi) is 5.29. The van der Waals surface area contributed by atoms with Gasteiger partial charge in [-0.25, -0.2) is 0 Å². The third kappa shape index (κ3) is 3.11. The SMILES string of the molecule is COc1cc2c(c(OC)c1OC)-c1c(cc3c(c1OC)OCO3)C[C@H](C)[C@@]1(C)OC(C)(C)O[C@@H]21. The van der Waals surface area contributed by atoms with Crippen LogP contribution in [-0.2, 0) is 15.9 Å². The number of benzene rings is 2. The summed E-state index contributed by atoms with van der Waals surface area (Å²) in [6, 6.07) is 3.98. The zero-order valence-electron chi connectivity index (χ0n) is 21.0. The molecule has 0 saturated carbocycles. The molecule has 3 atom stereocenters. The largest absolute Gasteiger partial charge is 0.493 e. The summed E-state index contributed by atoms with van der Waals surface area (Å²) >= 11 is 0. The molecule has 1 saturated heterocycles. The van der Waals surface area contributed by atoms with Gasteiger partial charge < -0.3 is 37.9 Å². The van der Waals surface area contributed by atoms with Gasteiger partial charge in [-0.05, 0) is 56.4 Å². The molecule has 0 bridgehead atoms. The van der Waals surface area contributed by atoms with Crippen molar-refractivity contribution in [1.29, 1.82) is 0 Å². The second-order valence-corrected chi connectivity index (χ2v) is 9.58. The number of ether oxygens (including phenoxy) is 8. The molecule has 8 nitrogen and oxygen atoms in total. The van der Waals surface area contributed by atoms with Crippen LogP contribution >= 0.6 is 0 Å². The fourth-order valence-electron chi connectivity index (χ4n) is 5.60. The van der Waals surface area contributed by atoms with Gasteiger partial charge in [0, 0.05) is 11.1 Å². The van der Waals surface area contributed by atoms with Gasteiger partial charge in [0.1, 0.15) is 11.7 Å². The monoisotopic (exact) mass is 472 g/mol. The molecule has 8 heteroatoms. The van der Waals surface area contributed by atoms with E-state index in [0.29, 0.717) is 40.9 Å². The van der Waals surface area contributed by atoms with Crippen molar-refractivity contribution in [3.8, 4) is 45.6 Å². The lowest BCUT2D eigenvalue weighted by Crippen LogP contribution is -2.41. The first-order valence-electron chi connectivity index (χ1n) is 11.4. The van der Waals surface area contributed by atoms with Crippen molar-refractivity contribution in [1.82, 2.24) is 0 Å². The Bertz CT molecular complexity index is 1140. The van der Waals surface area contributed by atoms with E-state index >= 15 is 0 Å². The van der Waals surface area contributed by atoms with Gasteiger partial charge in [0.05, 0.1) is 28.4 Å². The van der Waals surface area contributed by atoms with Crippen molar-refractivity contribution in [3.63, 3.8) is 0 Å². The molecule has 2 aliphatic heterocycles. The standard InChI is InChI=1S/C26H32O8/c1-13-9-14-10-17-21(32-12-31-17)22(29-7)18(14)19-15(24-26(13,4)34-25(2,3)33-24)11-16(27-5)20(28-6)23(19)30-8/h10-11,13,24H,9,12H2,1-8H3/t13-,24-,26+/m0/s1. The van der Waals surface area contributed by atoms with E-state index in [0.717, 1.165) is 22.3 Å². The molecule has 0 amide bonds. The van der Waals surface area contributed by atoms with Crippen LogP contribution in [0.3, 0.4) is 0 Å². The molecule has 3 aliphatic rings. The van der Waals surface area contributed by atoms with E-state index in [4.69, 9.17) is 37.9 Å². The Balaban J connectivity index is 1.94. The molecule has 1 fully saturated rings. The van der Waals surface area contributed by atoms with Crippen molar-refractivity contribution >= 4 is 0 Å². The van der Waals surface area contributed by atoms with E-state index in [1.54, 1.807) is 28.4 Å². The maximum absolute atomic E-state index is 6.59. The van der Waals surface area contributed by atoms with Crippen molar-refractivity contribution in [2.45, 2.75) is 51.6 Å². The van der Waals surface area contributed by atoms with Crippen LogP contribution in [0.5, 0.6) is 34.5 Å². The summed E-state index contributed by atoms with van der Waals surface area (Å²) in [5, 5.41) is 0. The van der Waals surface area contributed by atoms with Gasteiger partial charge in [-0.3, -0.25) is 0 Å². The molecule has 34 heavy (non-hydrogen) atoms. The summed E-state index contributed by atoms with van der Waals surface area (Å²) in [4.78, 5) is 0. The van der Waals surface area contributed by atoms with E-state index in [1.165, 1.54) is 0 Å². The van der Waals surface area contributed by atoms with Crippen LogP contribution in [0.2, 0.25) is 0 Å². The fourth-order valence-corrected chi connectivity index (χ4v) is 5.60. The molecular weight excluding hydrogens is 440 g/mol. The average Bonchev–Trinajstić information content (AvgIpc) is 3.37. The molecule has 1 aliphatic carbocycles. The van der Waals surface area contributed by atoms with Crippen molar-refractivity contribution < 1.29 is 37.9 Å². The van der Waals surface area contributed by atoms with Gasteiger partial charge >= 0.3 is 0 Å². The van der Waals surface area contributed by atoms with Crippen LogP contribution in [0.25, 0.3) is 11.1 Å². The summed E-state index contributed by atoms with van der Waals surface area (Å²) in [6.45, 7) is 8.32. The van der Waals surface area contributed by atoms with E-state index in [9.17, 15) is 0 Å². The Morgan fingerprint density at radius 1 is 0.853 bits per heavy atom. The van der Waals surface area contributed by atoms with Crippen LogP contribution < -0.4 is 28.4 Å².